The lowest BCUT2D eigenvalue weighted by molar-refractivity contribution is -0.141. The lowest BCUT2D eigenvalue weighted by Crippen LogP contribution is -2.55. The van der Waals surface area contributed by atoms with E-state index in [1.54, 1.807) is 36.4 Å². The Balaban J connectivity index is 2.06. The standard InChI is InChI=1S/C32H41N3O4S/c1-8-29(31(37)33-32(5,6)7)34(21-26-15-9-23(2)10-16-26)30(36)22-35(27-17-11-24(3)12-18-27)40(38,39)28-19-13-25(4)14-20-28/h9-20,29H,8,21-22H2,1-7H3,(H,33,37)/t29-/m0/s1. The van der Waals surface area contributed by atoms with E-state index in [9.17, 15) is 18.0 Å². The topological polar surface area (TPSA) is 86.8 Å². The molecule has 214 valence electrons. The van der Waals surface area contributed by atoms with Crippen molar-refractivity contribution in [2.75, 3.05) is 10.8 Å². The molecule has 0 aromatic heterocycles. The van der Waals surface area contributed by atoms with Crippen LogP contribution in [0.3, 0.4) is 0 Å². The minimum atomic E-state index is -4.09. The molecule has 0 aliphatic heterocycles. The van der Waals surface area contributed by atoms with Gasteiger partial charge in [-0.05, 0) is 77.8 Å². The second kappa shape index (κ2) is 12.7. The second-order valence-corrected chi connectivity index (χ2v) is 13.2. The predicted octanol–water partition coefficient (Wildman–Crippen LogP) is 5.53. The number of hydrogen-bond acceptors (Lipinski definition) is 4. The molecule has 0 bridgehead atoms. The van der Waals surface area contributed by atoms with Crippen molar-refractivity contribution in [3.05, 3.63) is 95.1 Å². The number of nitrogens with zero attached hydrogens (tertiary/aromatic N) is 2. The summed E-state index contributed by atoms with van der Waals surface area (Å²) >= 11 is 0. The van der Waals surface area contributed by atoms with Crippen LogP contribution in [0.15, 0.2) is 77.7 Å². The fourth-order valence-electron chi connectivity index (χ4n) is 4.34. The molecule has 7 nitrogen and oxygen atoms in total. The first-order valence-electron chi connectivity index (χ1n) is 13.5. The Labute approximate surface area is 239 Å². The van der Waals surface area contributed by atoms with Crippen LogP contribution in [0.5, 0.6) is 0 Å². The average molecular weight is 564 g/mol. The van der Waals surface area contributed by atoms with Crippen molar-refractivity contribution >= 4 is 27.5 Å². The molecule has 0 fully saturated rings. The van der Waals surface area contributed by atoms with E-state index in [0.717, 1.165) is 26.6 Å². The lowest BCUT2D eigenvalue weighted by Gasteiger charge is -2.34. The van der Waals surface area contributed by atoms with Gasteiger partial charge in [0.25, 0.3) is 10.0 Å². The van der Waals surface area contributed by atoms with E-state index >= 15 is 0 Å². The molecular formula is C32H41N3O4S. The number of nitrogens with one attached hydrogen (secondary N) is 1. The summed E-state index contributed by atoms with van der Waals surface area (Å²) in [6.45, 7) is 13.0. The van der Waals surface area contributed by atoms with Crippen LogP contribution in [0.4, 0.5) is 5.69 Å². The van der Waals surface area contributed by atoms with E-state index in [-0.39, 0.29) is 17.3 Å². The van der Waals surface area contributed by atoms with Crippen LogP contribution in [0.1, 0.15) is 56.4 Å². The zero-order valence-electron chi connectivity index (χ0n) is 24.6. The van der Waals surface area contributed by atoms with E-state index < -0.39 is 34.1 Å². The second-order valence-electron chi connectivity index (χ2n) is 11.3. The fourth-order valence-corrected chi connectivity index (χ4v) is 5.75. The van der Waals surface area contributed by atoms with E-state index in [0.29, 0.717) is 12.1 Å². The van der Waals surface area contributed by atoms with Gasteiger partial charge in [-0.3, -0.25) is 13.9 Å². The molecule has 0 saturated carbocycles. The maximum absolute atomic E-state index is 14.1. The van der Waals surface area contributed by atoms with Crippen molar-refractivity contribution in [1.29, 1.82) is 0 Å². The number of carbonyl (C=O) groups excluding carboxylic acids is 2. The Bertz CT molecular complexity index is 1410. The van der Waals surface area contributed by atoms with E-state index in [2.05, 4.69) is 5.32 Å². The molecular weight excluding hydrogens is 522 g/mol. The summed E-state index contributed by atoms with van der Waals surface area (Å²) < 4.78 is 29.0. The first kappa shape index (κ1) is 30.9. The van der Waals surface area contributed by atoms with Gasteiger partial charge in [-0.2, -0.15) is 0 Å². The zero-order chi connectivity index (χ0) is 29.7. The zero-order valence-corrected chi connectivity index (χ0v) is 25.4. The number of aryl methyl sites for hydroxylation is 3. The van der Waals surface area contributed by atoms with Gasteiger partial charge >= 0.3 is 0 Å². The number of carbonyl (C=O) groups is 2. The van der Waals surface area contributed by atoms with Crippen molar-refractivity contribution in [1.82, 2.24) is 10.2 Å². The van der Waals surface area contributed by atoms with Crippen molar-refractivity contribution in [3.63, 3.8) is 0 Å². The Hall–Kier alpha value is -3.65. The van der Waals surface area contributed by atoms with Crippen LogP contribution >= 0.6 is 0 Å². The molecule has 40 heavy (non-hydrogen) atoms. The minimum Gasteiger partial charge on any atom is -0.350 e. The third-order valence-electron chi connectivity index (χ3n) is 6.57. The highest BCUT2D eigenvalue weighted by atomic mass is 32.2. The van der Waals surface area contributed by atoms with Gasteiger partial charge in [0.2, 0.25) is 11.8 Å². The third-order valence-corrected chi connectivity index (χ3v) is 8.36. The van der Waals surface area contributed by atoms with Crippen LogP contribution in [0, 0.1) is 20.8 Å². The van der Waals surface area contributed by atoms with Crippen molar-refractivity contribution < 1.29 is 18.0 Å². The van der Waals surface area contributed by atoms with Crippen LogP contribution < -0.4 is 9.62 Å². The summed E-state index contributed by atoms with van der Waals surface area (Å²) in [6.07, 6.45) is 0.370. The summed E-state index contributed by atoms with van der Waals surface area (Å²) in [4.78, 5) is 29.1. The lowest BCUT2D eigenvalue weighted by atomic mass is 10.1. The van der Waals surface area contributed by atoms with Crippen molar-refractivity contribution in [3.8, 4) is 0 Å². The molecule has 0 saturated heterocycles. The van der Waals surface area contributed by atoms with Gasteiger partial charge in [0, 0.05) is 12.1 Å². The molecule has 3 aromatic carbocycles. The Kier molecular flexibility index (Phi) is 9.79. The van der Waals surface area contributed by atoms with Crippen molar-refractivity contribution in [2.24, 2.45) is 0 Å². The first-order valence-corrected chi connectivity index (χ1v) is 15.0. The van der Waals surface area contributed by atoms with E-state index in [4.69, 9.17) is 0 Å². The molecule has 3 aromatic rings. The molecule has 0 aliphatic carbocycles. The largest absolute Gasteiger partial charge is 0.350 e. The minimum absolute atomic E-state index is 0.0917. The first-order chi connectivity index (χ1) is 18.7. The van der Waals surface area contributed by atoms with Gasteiger partial charge < -0.3 is 10.2 Å². The third kappa shape index (κ3) is 7.94. The summed E-state index contributed by atoms with van der Waals surface area (Å²) in [7, 11) is -4.09. The highest BCUT2D eigenvalue weighted by molar-refractivity contribution is 7.92. The number of benzene rings is 3. The fraction of sp³-hybridized carbons (Fsp3) is 0.375. The van der Waals surface area contributed by atoms with Crippen LogP contribution in [0.2, 0.25) is 0 Å². The van der Waals surface area contributed by atoms with Gasteiger partial charge in [0.15, 0.2) is 0 Å². The number of anilines is 1. The molecule has 0 radical (unpaired) electrons. The highest BCUT2D eigenvalue weighted by Gasteiger charge is 2.34. The van der Waals surface area contributed by atoms with Gasteiger partial charge in [-0.1, -0.05) is 72.1 Å². The van der Waals surface area contributed by atoms with E-state index in [1.165, 1.54) is 4.90 Å². The maximum atomic E-state index is 14.1. The molecule has 0 heterocycles. The van der Waals surface area contributed by atoms with Crippen LogP contribution in [-0.4, -0.2) is 43.3 Å². The highest BCUT2D eigenvalue weighted by Crippen LogP contribution is 2.25. The maximum Gasteiger partial charge on any atom is 0.264 e. The monoisotopic (exact) mass is 563 g/mol. The normalized spacial score (nSPS) is 12.5. The molecule has 3 rings (SSSR count). The quantitative estimate of drug-likeness (QED) is 0.352. The SMILES string of the molecule is CC[C@@H](C(=O)NC(C)(C)C)N(Cc1ccc(C)cc1)C(=O)CN(c1ccc(C)cc1)S(=O)(=O)c1ccc(C)cc1. The molecule has 2 amide bonds. The number of rotatable bonds is 10. The summed E-state index contributed by atoms with van der Waals surface area (Å²) in [5.74, 6) is -0.744. The summed E-state index contributed by atoms with van der Waals surface area (Å²) in [6, 6.07) is 20.5. The van der Waals surface area contributed by atoms with Gasteiger partial charge in [0.1, 0.15) is 12.6 Å². The molecule has 8 heteroatoms. The Morgan fingerprint density at radius 3 is 1.75 bits per heavy atom. The predicted molar refractivity (Wildman–Crippen MR) is 161 cm³/mol. The molecule has 0 spiro atoms. The summed E-state index contributed by atoms with van der Waals surface area (Å²) in [5.41, 5.74) is 3.71. The molecule has 0 aliphatic rings. The van der Waals surface area contributed by atoms with Crippen LogP contribution in [0.25, 0.3) is 0 Å². The van der Waals surface area contributed by atoms with Crippen LogP contribution in [-0.2, 0) is 26.2 Å². The molecule has 1 N–H and O–H groups in total. The van der Waals surface area contributed by atoms with Gasteiger partial charge in [-0.25, -0.2) is 8.42 Å². The van der Waals surface area contributed by atoms with Crippen molar-refractivity contribution in [2.45, 2.75) is 77.9 Å². The smallest absolute Gasteiger partial charge is 0.264 e. The Morgan fingerprint density at radius 2 is 1.27 bits per heavy atom. The Morgan fingerprint density at radius 1 is 0.800 bits per heavy atom. The van der Waals surface area contributed by atoms with Gasteiger partial charge in [-0.15, -0.1) is 0 Å². The number of sulfonamides is 1. The van der Waals surface area contributed by atoms with Gasteiger partial charge in [0.05, 0.1) is 10.6 Å². The molecule has 1 atom stereocenters. The average Bonchev–Trinajstić information content (AvgIpc) is 2.88. The molecule has 0 unspecified atom stereocenters. The number of amides is 2. The summed E-state index contributed by atoms with van der Waals surface area (Å²) in [5, 5.41) is 2.99. The van der Waals surface area contributed by atoms with E-state index in [1.807, 2.05) is 84.9 Å². The number of hydrogen-bond donors (Lipinski definition) is 1.